The molecule has 1 aromatic carbocycles. The van der Waals surface area contributed by atoms with Crippen LogP contribution in [0, 0.1) is 19.7 Å². The average molecular weight is 409 g/mol. The molecule has 30 heavy (non-hydrogen) atoms. The minimum Gasteiger partial charge on any atom is -0.317 e. The molecule has 4 rings (SSSR count). The van der Waals surface area contributed by atoms with Crippen molar-refractivity contribution in [2.24, 2.45) is 14.1 Å². The molecule has 0 aliphatic carbocycles. The number of aromatic nitrogens is 5. The third-order valence-corrected chi connectivity index (χ3v) is 5.36. The molecule has 0 unspecified atom stereocenters. The molecule has 0 amide bonds. The van der Waals surface area contributed by atoms with Crippen molar-refractivity contribution in [1.29, 1.82) is 0 Å². The molecule has 0 atom stereocenters. The van der Waals surface area contributed by atoms with Crippen molar-refractivity contribution in [3.63, 3.8) is 0 Å². The van der Waals surface area contributed by atoms with Gasteiger partial charge in [-0.25, -0.2) is 14.2 Å². The summed E-state index contributed by atoms with van der Waals surface area (Å²) in [5, 5.41) is 0. The van der Waals surface area contributed by atoms with Crippen LogP contribution >= 0.6 is 0 Å². The maximum absolute atomic E-state index is 14.3. The van der Waals surface area contributed by atoms with E-state index in [2.05, 4.69) is 4.98 Å². The van der Waals surface area contributed by atoms with E-state index in [0.29, 0.717) is 16.9 Å². The van der Waals surface area contributed by atoms with Gasteiger partial charge in [0.2, 0.25) is 0 Å². The van der Waals surface area contributed by atoms with Gasteiger partial charge in [-0.3, -0.25) is 18.7 Å². The molecule has 9 heteroatoms. The van der Waals surface area contributed by atoms with Gasteiger partial charge in [0.05, 0.1) is 18.6 Å². The number of imidazole rings is 1. The van der Waals surface area contributed by atoms with E-state index in [1.54, 1.807) is 42.7 Å². The van der Waals surface area contributed by atoms with E-state index < -0.39 is 11.2 Å². The molecule has 0 saturated carbocycles. The lowest BCUT2D eigenvalue weighted by Gasteiger charge is -2.11. The molecule has 154 valence electrons. The number of carbonyl (C=O) groups excluding carboxylic acids is 1. The zero-order chi connectivity index (χ0) is 21.7. The van der Waals surface area contributed by atoms with Gasteiger partial charge < -0.3 is 9.13 Å². The number of fused-ring (bicyclic) bond motifs is 1. The van der Waals surface area contributed by atoms with Crippen LogP contribution in [0.15, 0.2) is 46.2 Å². The Labute approximate surface area is 170 Å². The largest absolute Gasteiger partial charge is 0.332 e. The van der Waals surface area contributed by atoms with E-state index >= 15 is 0 Å². The van der Waals surface area contributed by atoms with Gasteiger partial charge >= 0.3 is 5.69 Å². The van der Waals surface area contributed by atoms with Gasteiger partial charge in [0.15, 0.2) is 16.9 Å². The first-order valence-electron chi connectivity index (χ1n) is 9.30. The highest BCUT2D eigenvalue weighted by atomic mass is 19.1. The normalized spacial score (nSPS) is 11.4. The van der Waals surface area contributed by atoms with Crippen molar-refractivity contribution < 1.29 is 9.18 Å². The maximum atomic E-state index is 14.3. The summed E-state index contributed by atoms with van der Waals surface area (Å²) in [5.41, 5.74) is 1.50. The predicted molar refractivity (Wildman–Crippen MR) is 110 cm³/mol. The highest BCUT2D eigenvalue weighted by Crippen LogP contribution is 2.23. The van der Waals surface area contributed by atoms with Crippen molar-refractivity contribution in [2.75, 3.05) is 0 Å². The van der Waals surface area contributed by atoms with Crippen molar-refractivity contribution >= 4 is 16.9 Å². The second-order valence-corrected chi connectivity index (χ2v) is 7.25. The molecule has 0 aliphatic heterocycles. The van der Waals surface area contributed by atoms with Crippen LogP contribution in [0.2, 0.25) is 0 Å². The Morgan fingerprint density at radius 1 is 1.10 bits per heavy atom. The molecular weight excluding hydrogens is 389 g/mol. The summed E-state index contributed by atoms with van der Waals surface area (Å²) in [6.45, 7) is 3.42. The Morgan fingerprint density at radius 2 is 1.80 bits per heavy atom. The van der Waals surface area contributed by atoms with Crippen LogP contribution in [0.25, 0.3) is 16.9 Å². The van der Waals surface area contributed by atoms with Crippen LogP contribution in [0.3, 0.4) is 0 Å². The van der Waals surface area contributed by atoms with Crippen LogP contribution in [-0.2, 0) is 20.6 Å². The van der Waals surface area contributed by atoms with E-state index in [9.17, 15) is 18.8 Å². The number of Topliss-reactive ketones (excluding diaryl/α,β-unsaturated/α-hetero) is 1. The molecular formula is C21H20FN5O3. The minimum atomic E-state index is -0.518. The summed E-state index contributed by atoms with van der Waals surface area (Å²) in [7, 11) is 2.90. The summed E-state index contributed by atoms with van der Waals surface area (Å²) in [5.74, 6) is -0.635. The number of hydrogen-bond donors (Lipinski definition) is 0. The van der Waals surface area contributed by atoms with Crippen LogP contribution in [0.5, 0.6) is 0 Å². The first kappa shape index (κ1) is 19.6. The van der Waals surface area contributed by atoms with E-state index in [1.165, 1.54) is 35.6 Å². The third-order valence-electron chi connectivity index (χ3n) is 5.36. The Bertz CT molecular complexity index is 1440. The second kappa shape index (κ2) is 6.94. The topological polar surface area (TPSA) is 83.8 Å². The smallest absolute Gasteiger partial charge is 0.317 e. The molecule has 0 fully saturated rings. The summed E-state index contributed by atoms with van der Waals surface area (Å²) < 4.78 is 19.7. The van der Waals surface area contributed by atoms with Gasteiger partial charge in [0.25, 0.3) is 5.56 Å². The monoisotopic (exact) mass is 409 g/mol. The Balaban J connectivity index is 1.78. The van der Waals surface area contributed by atoms with Crippen LogP contribution in [0.4, 0.5) is 4.39 Å². The van der Waals surface area contributed by atoms with E-state index in [-0.39, 0.29) is 29.3 Å². The fourth-order valence-corrected chi connectivity index (χ4v) is 3.81. The summed E-state index contributed by atoms with van der Waals surface area (Å²) >= 11 is 0. The number of ketones is 1. The molecule has 0 aliphatic rings. The second-order valence-electron chi connectivity index (χ2n) is 7.25. The maximum Gasteiger partial charge on any atom is 0.332 e. The van der Waals surface area contributed by atoms with Crippen molar-refractivity contribution in [2.45, 2.75) is 20.4 Å². The number of hydrogen-bond acceptors (Lipinski definition) is 4. The number of nitrogens with zero attached hydrogens (tertiary/aromatic N) is 5. The number of para-hydroxylation sites is 1. The van der Waals surface area contributed by atoms with Gasteiger partial charge in [-0.2, -0.15) is 0 Å². The highest BCUT2D eigenvalue weighted by Gasteiger charge is 2.21. The molecule has 3 aromatic heterocycles. The lowest BCUT2D eigenvalue weighted by Crippen LogP contribution is -2.37. The number of rotatable bonds is 4. The van der Waals surface area contributed by atoms with Gasteiger partial charge in [-0.15, -0.1) is 0 Å². The van der Waals surface area contributed by atoms with Gasteiger partial charge in [0, 0.05) is 31.0 Å². The zero-order valence-electron chi connectivity index (χ0n) is 17.0. The number of benzene rings is 1. The summed E-state index contributed by atoms with van der Waals surface area (Å²) in [6.07, 6.45) is 1.37. The summed E-state index contributed by atoms with van der Waals surface area (Å²) in [6, 6.07) is 8.06. The quantitative estimate of drug-likeness (QED) is 0.482. The molecule has 4 aromatic rings. The van der Waals surface area contributed by atoms with E-state index in [4.69, 9.17) is 0 Å². The molecule has 8 nitrogen and oxygen atoms in total. The Morgan fingerprint density at radius 3 is 2.50 bits per heavy atom. The molecule has 0 saturated heterocycles. The fraction of sp³-hybridized carbons (Fsp3) is 0.238. The SMILES string of the molecule is Cc1cc(C(=O)Cn2cnc3c2c(=O)n(C)c(=O)n3C)c(C)n1-c1ccccc1F. The molecule has 0 spiro atoms. The standard InChI is InChI=1S/C21H20FN5O3/c1-12-9-14(13(2)27(12)16-8-6-5-7-15(16)22)17(28)10-26-11-23-19-18(26)20(29)25(4)21(30)24(19)3/h5-9,11H,10H2,1-4H3. The van der Waals surface area contributed by atoms with Crippen LogP contribution < -0.4 is 11.2 Å². The number of carbonyl (C=O) groups is 1. The van der Waals surface area contributed by atoms with Gasteiger partial charge in [-0.05, 0) is 32.0 Å². The van der Waals surface area contributed by atoms with Crippen molar-refractivity contribution in [3.05, 3.63) is 80.3 Å². The van der Waals surface area contributed by atoms with Gasteiger partial charge in [0.1, 0.15) is 5.82 Å². The third kappa shape index (κ3) is 2.81. The predicted octanol–water partition coefficient (Wildman–Crippen LogP) is 1.86. The lowest BCUT2D eigenvalue weighted by molar-refractivity contribution is 0.0972. The Kier molecular flexibility index (Phi) is 4.53. The zero-order valence-corrected chi connectivity index (χ0v) is 17.0. The van der Waals surface area contributed by atoms with Crippen LogP contribution in [0.1, 0.15) is 21.7 Å². The first-order chi connectivity index (χ1) is 14.2. The number of aryl methyl sites for hydroxylation is 2. The van der Waals surface area contributed by atoms with Crippen molar-refractivity contribution in [1.82, 2.24) is 23.3 Å². The van der Waals surface area contributed by atoms with Crippen molar-refractivity contribution in [3.8, 4) is 5.69 Å². The minimum absolute atomic E-state index is 0.133. The molecule has 0 N–H and O–H groups in total. The fourth-order valence-electron chi connectivity index (χ4n) is 3.81. The van der Waals surface area contributed by atoms with Gasteiger partial charge in [-0.1, -0.05) is 12.1 Å². The van der Waals surface area contributed by atoms with E-state index in [1.807, 2.05) is 0 Å². The van der Waals surface area contributed by atoms with E-state index in [0.717, 1.165) is 10.3 Å². The Hall–Kier alpha value is -3.75. The van der Waals surface area contributed by atoms with Crippen LogP contribution in [-0.4, -0.2) is 29.0 Å². The lowest BCUT2D eigenvalue weighted by atomic mass is 10.1. The first-order valence-corrected chi connectivity index (χ1v) is 9.30. The molecule has 3 heterocycles. The number of halogens is 1. The average Bonchev–Trinajstić information content (AvgIpc) is 3.26. The highest BCUT2D eigenvalue weighted by molar-refractivity contribution is 5.98. The molecule has 0 bridgehead atoms. The summed E-state index contributed by atoms with van der Waals surface area (Å²) in [4.78, 5) is 41.9. The molecule has 0 radical (unpaired) electrons.